The van der Waals surface area contributed by atoms with Gasteiger partial charge in [-0.1, -0.05) is 23.7 Å². The Morgan fingerprint density at radius 2 is 1.56 bits per heavy atom. The summed E-state index contributed by atoms with van der Waals surface area (Å²) in [5.41, 5.74) is -4.29. The number of carbonyl (C=O) groups is 2. The summed E-state index contributed by atoms with van der Waals surface area (Å²) in [5, 5.41) is 21.5. The van der Waals surface area contributed by atoms with Crippen LogP contribution in [0.2, 0.25) is 5.02 Å². The number of aliphatic carboxylic acids is 1. The SMILES string of the molecule is CN(C(=O)Nc1ccc(Cl)cc1)c1ccc(C(O)(C(=O)O)C(F)(F)F)cc1. The van der Waals surface area contributed by atoms with Crippen LogP contribution in [0.15, 0.2) is 48.5 Å². The Morgan fingerprint density at radius 1 is 1.04 bits per heavy atom. The van der Waals surface area contributed by atoms with Crippen LogP contribution in [0.25, 0.3) is 0 Å². The highest BCUT2D eigenvalue weighted by molar-refractivity contribution is 6.30. The van der Waals surface area contributed by atoms with E-state index in [9.17, 15) is 27.9 Å². The Labute approximate surface area is 156 Å². The molecule has 2 amide bonds. The molecule has 0 spiro atoms. The topological polar surface area (TPSA) is 89.9 Å². The molecule has 0 saturated carbocycles. The molecule has 144 valence electrons. The Kier molecular flexibility index (Phi) is 5.67. The van der Waals surface area contributed by atoms with E-state index >= 15 is 0 Å². The van der Waals surface area contributed by atoms with E-state index in [1.165, 1.54) is 7.05 Å². The first-order chi connectivity index (χ1) is 12.5. The molecule has 2 aromatic carbocycles. The number of alkyl halides is 3. The first-order valence-corrected chi connectivity index (χ1v) is 7.78. The second-order valence-corrected chi connectivity index (χ2v) is 5.99. The van der Waals surface area contributed by atoms with Gasteiger partial charge in [0.05, 0.1) is 0 Å². The van der Waals surface area contributed by atoms with Crippen molar-refractivity contribution in [2.24, 2.45) is 0 Å². The molecule has 0 aliphatic rings. The van der Waals surface area contributed by atoms with Gasteiger partial charge >= 0.3 is 18.2 Å². The van der Waals surface area contributed by atoms with Crippen LogP contribution >= 0.6 is 11.6 Å². The largest absolute Gasteiger partial charge is 0.479 e. The van der Waals surface area contributed by atoms with Crippen LogP contribution in [0.1, 0.15) is 5.56 Å². The molecule has 0 saturated heterocycles. The fourth-order valence-corrected chi connectivity index (χ4v) is 2.32. The number of rotatable bonds is 4. The minimum absolute atomic E-state index is 0.181. The molecule has 0 heterocycles. The number of hydrogen-bond acceptors (Lipinski definition) is 3. The van der Waals surface area contributed by atoms with Crippen molar-refractivity contribution >= 4 is 35.0 Å². The third-order valence-electron chi connectivity index (χ3n) is 3.79. The van der Waals surface area contributed by atoms with Crippen LogP contribution < -0.4 is 10.2 Å². The van der Waals surface area contributed by atoms with Gasteiger partial charge in [-0.25, -0.2) is 9.59 Å². The van der Waals surface area contributed by atoms with E-state index < -0.39 is 29.3 Å². The molecule has 0 aliphatic heterocycles. The van der Waals surface area contributed by atoms with Gasteiger partial charge in [0.1, 0.15) is 0 Å². The minimum atomic E-state index is -5.42. The smallest absolute Gasteiger partial charge is 0.432 e. The van der Waals surface area contributed by atoms with Gasteiger partial charge in [-0.05, 0) is 36.4 Å². The van der Waals surface area contributed by atoms with Crippen molar-refractivity contribution in [1.29, 1.82) is 0 Å². The summed E-state index contributed by atoms with van der Waals surface area (Å²) in [6.45, 7) is 0. The third-order valence-corrected chi connectivity index (χ3v) is 4.04. The molecule has 0 bridgehead atoms. The predicted octanol–water partition coefficient (Wildman–Crippen LogP) is 3.84. The van der Waals surface area contributed by atoms with Gasteiger partial charge < -0.3 is 15.5 Å². The zero-order valence-electron chi connectivity index (χ0n) is 13.8. The molecule has 1 unspecified atom stereocenters. The second kappa shape index (κ2) is 7.45. The highest BCUT2D eigenvalue weighted by Gasteiger charge is 2.61. The maximum absolute atomic E-state index is 13.0. The summed E-state index contributed by atoms with van der Waals surface area (Å²) < 4.78 is 39.0. The summed E-state index contributed by atoms with van der Waals surface area (Å²) in [4.78, 5) is 24.3. The molecule has 1 atom stereocenters. The summed E-state index contributed by atoms with van der Waals surface area (Å²) in [6.07, 6.45) is -5.42. The average Bonchev–Trinajstić information content (AvgIpc) is 2.61. The maximum atomic E-state index is 13.0. The van der Waals surface area contributed by atoms with Crippen LogP contribution in [-0.2, 0) is 10.4 Å². The van der Waals surface area contributed by atoms with Gasteiger partial charge in [0, 0.05) is 29.0 Å². The second-order valence-electron chi connectivity index (χ2n) is 5.56. The van der Waals surface area contributed by atoms with Crippen molar-refractivity contribution < 1.29 is 33.0 Å². The number of aliphatic hydroxyl groups is 1. The van der Waals surface area contributed by atoms with E-state index in [2.05, 4.69) is 5.32 Å². The van der Waals surface area contributed by atoms with E-state index in [0.29, 0.717) is 10.7 Å². The molecule has 27 heavy (non-hydrogen) atoms. The van der Waals surface area contributed by atoms with Crippen LogP contribution in [-0.4, -0.2) is 35.4 Å². The molecule has 2 aromatic rings. The van der Waals surface area contributed by atoms with Gasteiger partial charge in [0.25, 0.3) is 5.60 Å². The maximum Gasteiger partial charge on any atom is 0.432 e. The number of amides is 2. The fraction of sp³-hybridized carbons (Fsp3) is 0.176. The van der Waals surface area contributed by atoms with Gasteiger partial charge in [0.2, 0.25) is 0 Å². The summed E-state index contributed by atoms with van der Waals surface area (Å²) in [7, 11) is 1.37. The zero-order chi connectivity index (χ0) is 20.4. The monoisotopic (exact) mass is 402 g/mol. The van der Waals surface area contributed by atoms with Crippen LogP contribution in [0, 0.1) is 0 Å². The highest BCUT2D eigenvalue weighted by Crippen LogP contribution is 2.39. The molecule has 0 fully saturated rings. The van der Waals surface area contributed by atoms with Crippen molar-refractivity contribution in [2.75, 3.05) is 17.3 Å². The van der Waals surface area contributed by atoms with E-state index in [-0.39, 0.29) is 5.69 Å². The zero-order valence-corrected chi connectivity index (χ0v) is 14.5. The molecular weight excluding hydrogens is 389 g/mol. The first-order valence-electron chi connectivity index (χ1n) is 7.40. The van der Waals surface area contributed by atoms with Crippen molar-refractivity contribution in [2.45, 2.75) is 11.8 Å². The summed E-state index contributed by atoms with van der Waals surface area (Å²) >= 11 is 5.75. The number of hydrogen-bond donors (Lipinski definition) is 3. The van der Waals surface area contributed by atoms with E-state index in [0.717, 1.165) is 29.2 Å². The van der Waals surface area contributed by atoms with E-state index in [1.54, 1.807) is 24.3 Å². The lowest BCUT2D eigenvalue weighted by Crippen LogP contribution is -2.49. The van der Waals surface area contributed by atoms with Crippen molar-refractivity contribution in [3.63, 3.8) is 0 Å². The number of carboxylic acid groups (broad SMARTS) is 1. The number of carboxylic acids is 1. The van der Waals surface area contributed by atoms with Crippen molar-refractivity contribution in [3.8, 4) is 0 Å². The number of anilines is 2. The highest BCUT2D eigenvalue weighted by atomic mass is 35.5. The minimum Gasteiger partial charge on any atom is -0.479 e. The molecule has 0 radical (unpaired) electrons. The van der Waals surface area contributed by atoms with Crippen molar-refractivity contribution in [3.05, 3.63) is 59.1 Å². The lowest BCUT2D eigenvalue weighted by molar-refractivity contribution is -0.265. The van der Waals surface area contributed by atoms with E-state index in [4.69, 9.17) is 16.7 Å². The average molecular weight is 403 g/mol. The summed E-state index contributed by atoms with van der Waals surface area (Å²) in [6, 6.07) is 9.44. The predicted molar refractivity (Wildman–Crippen MR) is 92.9 cm³/mol. The van der Waals surface area contributed by atoms with Gasteiger partial charge in [0.15, 0.2) is 0 Å². The molecule has 0 aromatic heterocycles. The van der Waals surface area contributed by atoms with Gasteiger partial charge in [-0.15, -0.1) is 0 Å². The molecular formula is C17H14ClF3N2O4. The molecule has 6 nitrogen and oxygen atoms in total. The number of urea groups is 1. The summed E-state index contributed by atoms with van der Waals surface area (Å²) in [5.74, 6) is -2.45. The van der Waals surface area contributed by atoms with Crippen LogP contribution in [0.3, 0.4) is 0 Å². The van der Waals surface area contributed by atoms with Gasteiger partial charge in [-0.2, -0.15) is 13.2 Å². The number of nitrogens with one attached hydrogen (secondary N) is 1. The van der Waals surface area contributed by atoms with Crippen LogP contribution in [0.4, 0.5) is 29.3 Å². The normalized spacial score (nSPS) is 13.6. The Morgan fingerprint density at radius 3 is 2.00 bits per heavy atom. The Hall–Kier alpha value is -2.78. The lowest BCUT2D eigenvalue weighted by Gasteiger charge is -2.27. The van der Waals surface area contributed by atoms with Crippen LogP contribution in [0.5, 0.6) is 0 Å². The first kappa shape index (κ1) is 20.5. The Balaban J connectivity index is 2.21. The molecule has 3 N–H and O–H groups in total. The van der Waals surface area contributed by atoms with Gasteiger partial charge in [-0.3, -0.25) is 4.90 Å². The number of nitrogens with zero attached hydrogens (tertiary/aromatic N) is 1. The number of carbonyl (C=O) groups excluding carboxylic acids is 1. The van der Waals surface area contributed by atoms with Crippen molar-refractivity contribution in [1.82, 2.24) is 0 Å². The molecule has 2 rings (SSSR count). The Bertz CT molecular complexity index is 841. The quantitative estimate of drug-likeness (QED) is 0.724. The standard InChI is InChI=1S/C17H14ClF3N2O4/c1-23(15(26)22-12-6-4-11(18)5-7-12)13-8-2-10(3-9-13)16(27,14(24)25)17(19,20)21/h2-9,27H,1H3,(H,22,26)(H,24,25). The van der Waals surface area contributed by atoms with E-state index in [1.807, 2.05) is 0 Å². The fourth-order valence-electron chi connectivity index (χ4n) is 2.19. The third kappa shape index (κ3) is 4.15. The molecule has 0 aliphatic carbocycles. The molecule has 10 heteroatoms. The number of halogens is 4. The number of benzene rings is 2. The lowest BCUT2D eigenvalue weighted by atomic mass is 9.93.